The maximum absolute atomic E-state index is 12.0. The van der Waals surface area contributed by atoms with Crippen molar-refractivity contribution in [3.63, 3.8) is 0 Å². The largest absolute Gasteiger partial charge is 0.289 e. The standard InChI is InChI=1S/C18H15NO/c1-2-14-3-5-15(6-4-14)9-12-18(20)17-10-7-16(13-19)8-11-17/h3-12H,2H2,1H3/b12-9+. The van der Waals surface area contributed by atoms with Gasteiger partial charge in [-0.3, -0.25) is 4.79 Å². The van der Waals surface area contributed by atoms with Crippen molar-refractivity contribution in [1.29, 1.82) is 5.26 Å². The molecule has 2 aromatic carbocycles. The minimum atomic E-state index is -0.0611. The summed E-state index contributed by atoms with van der Waals surface area (Å²) in [6.07, 6.45) is 4.37. The average molecular weight is 261 g/mol. The lowest BCUT2D eigenvalue weighted by Gasteiger charge is -1.98. The van der Waals surface area contributed by atoms with Gasteiger partial charge in [0.2, 0.25) is 0 Å². The van der Waals surface area contributed by atoms with E-state index in [2.05, 4.69) is 19.1 Å². The van der Waals surface area contributed by atoms with Crippen LogP contribution in [0.2, 0.25) is 0 Å². The van der Waals surface area contributed by atoms with Crippen molar-refractivity contribution in [2.24, 2.45) is 0 Å². The van der Waals surface area contributed by atoms with Crippen LogP contribution in [0, 0.1) is 11.3 Å². The van der Waals surface area contributed by atoms with Gasteiger partial charge in [-0.1, -0.05) is 37.3 Å². The van der Waals surface area contributed by atoms with E-state index < -0.39 is 0 Å². The predicted molar refractivity (Wildman–Crippen MR) is 80.3 cm³/mol. The van der Waals surface area contributed by atoms with E-state index in [9.17, 15) is 4.79 Å². The van der Waals surface area contributed by atoms with Crippen molar-refractivity contribution in [3.8, 4) is 6.07 Å². The van der Waals surface area contributed by atoms with Gasteiger partial charge in [-0.25, -0.2) is 0 Å². The van der Waals surface area contributed by atoms with Crippen LogP contribution in [0.4, 0.5) is 0 Å². The smallest absolute Gasteiger partial charge is 0.185 e. The highest BCUT2D eigenvalue weighted by Crippen LogP contribution is 2.09. The Morgan fingerprint density at radius 2 is 1.75 bits per heavy atom. The van der Waals surface area contributed by atoms with Crippen molar-refractivity contribution < 1.29 is 4.79 Å². The second kappa shape index (κ2) is 6.49. The van der Waals surface area contributed by atoms with Crippen LogP contribution in [-0.2, 0) is 6.42 Å². The summed E-state index contributed by atoms with van der Waals surface area (Å²) in [6, 6.07) is 16.8. The molecular weight excluding hydrogens is 246 g/mol. The highest BCUT2D eigenvalue weighted by Gasteiger charge is 2.01. The molecule has 98 valence electrons. The third kappa shape index (κ3) is 3.43. The Morgan fingerprint density at radius 3 is 2.30 bits per heavy atom. The van der Waals surface area contributed by atoms with Gasteiger partial charge in [0.05, 0.1) is 11.6 Å². The average Bonchev–Trinajstić information content (AvgIpc) is 2.53. The zero-order chi connectivity index (χ0) is 14.4. The predicted octanol–water partition coefficient (Wildman–Crippen LogP) is 4.02. The van der Waals surface area contributed by atoms with E-state index in [0.717, 1.165) is 12.0 Å². The first kappa shape index (κ1) is 13.8. The van der Waals surface area contributed by atoms with E-state index in [1.165, 1.54) is 5.56 Å². The quantitative estimate of drug-likeness (QED) is 0.616. The summed E-state index contributed by atoms with van der Waals surface area (Å²) in [6.45, 7) is 2.11. The molecular formula is C18H15NO. The number of ketones is 1. The molecule has 0 aromatic heterocycles. The lowest BCUT2D eigenvalue weighted by Crippen LogP contribution is -1.93. The van der Waals surface area contributed by atoms with Crippen molar-refractivity contribution in [2.75, 3.05) is 0 Å². The van der Waals surface area contributed by atoms with Crippen LogP contribution in [0.15, 0.2) is 54.6 Å². The van der Waals surface area contributed by atoms with Crippen LogP contribution in [0.1, 0.15) is 34.0 Å². The lowest BCUT2D eigenvalue weighted by molar-refractivity contribution is 0.104. The molecule has 2 rings (SSSR count). The zero-order valence-corrected chi connectivity index (χ0v) is 11.3. The molecule has 2 nitrogen and oxygen atoms in total. The van der Waals surface area contributed by atoms with E-state index in [-0.39, 0.29) is 5.78 Å². The maximum atomic E-state index is 12.0. The van der Waals surface area contributed by atoms with Crippen LogP contribution in [0.3, 0.4) is 0 Å². The number of aryl methyl sites for hydroxylation is 1. The summed E-state index contributed by atoms with van der Waals surface area (Å²) in [7, 11) is 0. The number of hydrogen-bond donors (Lipinski definition) is 0. The lowest BCUT2D eigenvalue weighted by atomic mass is 10.1. The molecule has 0 fully saturated rings. The molecule has 0 amide bonds. The second-order valence-corrected chi connectivity index (χ2v) is 4.48. The number of nitrogens with zero attached hydrogens (tertiary/aromatic N) is 1. The van der Waals surface area contributed by atoms with Gasteiger partial charge >= 0.3 is 0 Å². The molecule has 0 aliphatic rings. The summed E-state index contributed by atoms with van der Waals surface area (Å²) < 4.78 is 0. The first-order chi connectivity index (χ1) is 9.72. The van der Waals surface area contributed by atoms with Gasteiger partial charge in [0, 0.05) is 5.56 Å². The van der Waals surface area contributed by atoms with Gasteiger partial charge < -0.3 is 0 Å². The summed E-state index contributed by atoms with van der Waals surface area (Å²) in [5.41, 5.74) is 3.43. The number of benzene rings is 2. The maximum Gasteiger partial charge on any atom is 0.185 e. The molecule has 0 N–H and O–H groups in total. The molecule has 2 heteroatoms. The summed E-state index contributed by atoms with van der Waals surface area (Å²) in [5.74, 6) is -0.0611. The molecule has 0 heterocycles. The third-order valence-corrected chi connectivity index (χ3v) is 3.11. The van der Waals surface area contributed by atoms with Gasteiger partial charge in [-0.2, -0.15) is 5.26 Å². The van der Waals surface area contributed by atoms with Crippen LogP contribution in [0.25, 0.3) is 6.08 Å². The molecule has 0 radical (unpaired) electrons. The van der Waals surface area contributed by atoms with Gasteiger partial charge in [-0.05, 0) is 47.9 Å². The molecule has 0 bridgehead atoms. The Bertz CT molecular complexity index is 658. The Labute approximate surface area is 119 Å². The number of nitriles is 1. The van der Waals surface area contributed by atoms with Gasteiger partial charge in [0.25, 0.3) is 0 Å². The molecule has 0 unspecified atom stereocenters. The Kier molecular flexibility index (Phi) is 4.47. The van der Waals surface area contributed by atoms with E-state index in [4.69, 9.17) is 5.26 Å². The van der Waals surface area contributed by atoms with E-state index in [0.29, 0.717) is 11.1 Å². The topological polar surface area (TPSA) is 40.9 Å². The molecule has 2 aromatic rings. The molecule has 0 aliphatic carbocycles. The van der Waals surface area contributed by atoms with Crippen molar-refractivity contribution in [1.82, 2.24) is 0 Å². The van der Waals surface area contributed by atoms with Crippen LogP contribution < -0.4 is 0 Å². The minimum absolute atomic E-state index is 0.0611. The summed E-state index contributed by atoms with van der Waals surface area (Å²) in [4.78, 5) is 12.0. The van der Waals surface area contributed by atoms with Gasteiger partial charge in [-0.15, -0.1) is 0 Å². The molecule has 0 saturated carbocycles. The fraction of sp³-hybridized carbons (Fsp3) is 0.111. The van der Waals surface area contributed by atoms with Crippen molar-refractivity contribution in [2.45, 2.75) is 13.3 Å². The summed E-state index contributed by atoms with van der Waals surface area (Å²) >= 11 is 0. The number of rotatable bonds is 4. The van der Waals surface area contributed by atoms with Crippen molar-refractivity contribution in [3.05, 3.63) is 76.9 Å². The van der Waals surface area contributed by atoms with E-state index in [1.54, 1.807) is 36.4 Å². The first-order valence-corrected chi connectivity index (χ1v) is 6.54. The fourth-order valence-corrected chi connectivity index (χ4v) is 1.84. The Balaban J connectivity index is 2.09. The number of carbonyl (C=O) groups is 1. The highest BCUT2D eigenvalue weighted by molar-refractivity contribution is 6.06. The molecule has 0 aliphatic heterocycles. The van der Waals surface area contributed by atoms with E-state index >= 15 is 0 Å². The van der Waals surface area contributed by atoms with Crippen LogP contribution in [0.5, 0.6) is 0 Å². The van der Waals surface area contributed by atoms with Gasteiger partial charge in [0.15, 0.2) is 5.78 Å². The molecule has 20 heavy (non-hydrogen) atoms. The van der Waals surface area contributed by atoms with Crippen LogP contribution >= 0.6 is 0 Å². The molecule has 0 saturated heterocycles. The fourth-order valence-electron chi connectivity index (χ4n) is 1.84. The normalized spacial score (nSPS) is 10.4. The Morgan fingerprint density at radius 1 is 1.10 bits per heavy atom. The Hall–Kier alpha value is -2.66. The zero-order valence-electron chi connectivity index (χ0n) is 11.3. The SMILES string of the molecule is CCc1ccc(/C=C/C(=O)c2ccc(C#N)cc2)cc1. The second-order valence-electron chi connectivity index (χ2n) is 4.48. The molecule has 0 spiro atoms. The molecule has 0 atom stereocenters. The monoisotopic (exact) mass is 261 g/mol. The minimum Gasteiger partial charge on any atom is -0.289 e. The van der Waals surface area contributed by atoms with Gasteiger partial charge in [0.1, 0.15) is 0 Å². The van der Waals surface area contributed by atoms with Crippen molar-refractivity contribution >= 4 is 11.9 Å². The number of carbonyl (C=O) groups excluding carboxylic acids is 1. The number of allylic oxidation sites excluding steroid dienone is 1. The number of hydrogen-bond acceptors (Lipinski definition) is 2. The summed E-state index contributed by atoms with van der Waals surface area (Å²) in [5, 5.41) is 8.71. The third-order valence-electron chi connectivity index (χ3n) is 3.11. The van der Waals surface area contributed by atoms with E-state index in [1.807, 2.05) is 18.2 Å². The van der Waals surface area contributed by atoms with Crippen LogP contribution in [-0.4, -0.2) is 5.78 Å². The first-order valence-electron chi connectivity index (χ1n) is 6.54. The highest BCUT2D eigenvalue weighted by atomic mass is 16.1.